The Hall–Kier alpha value is -1.46. The van der Waals surface area contributed by atoms with Crippen molar-refractivity contribution in [3.63, 3.8) is 0 Å². The van der Waals surface area contributed by atoms with Crippen molar-refractivity contribution in [2.24, 2.45) is 17.1 Å². The van der Waals surface area contributed by atoms with Gasteiger partial charge in [-0.25, -0.2) is 0 Å². The molecule has 0 fully saturated rings. The highest BCUT2D eigenvalue weighted by atomic mass is 35.5. The van der Waals surface area contributed by atoms with Crippen molar-refractivity contribution in [3.05, 3.63) is 23.8 Å². The zero-order valence-corrected chi connectivity index (χ0v) is 16.4. The maximum atomic E-state index is 12.6. The summed E-state index contributed by atoms with van der Waals surface area (Å²) in [6, 6.07) is 5.28. The molecule has 0 aromatic heterocycles. The molecule has 2 N–H and O–H groups in total. The Morgan fingerprint density at radius 3 is 2.42 bits per heavy atom. The largest absolute Gasteiger partial charge is 0.493 e. The first-order valence-electron chi connectivity index (χ1n) is 7.96. The van der Waals surface area contributed by atoms with E-state index >= 15 is 0 Å². The third-order valence-electron chi connectivity index (χ3n) is 3.55. The highest BCUT2D eigenvalue weighted by Gasteiger charge is 2.22. The van der Waals surface area contributed by atoms with E-state index in [1.807, 2.05) is 13.8 Å². The smallest absolute Gasteiger partial charge is 0.253 e. The van der Waals surface area contributed by atoms with Crippen LogP contribution in [0.1, 0.15) is 38.1 Å². The summed E-state index contributed by atoms with van der Waals surface area (Å²) < 4.78 is 11.1. The van der Waals surface area contributed by atoms with Crippen LogP contribution in [0.15, 0.2) is 18.2 Å². The van der Waals surface area contributed by atoms with Crippen molar-refractivity contribution >= 4 is 18.3 Å². The molecule has 24 heavy (non-hydrogen) atoms. The fourth-order valence-electron chi connectivity index (χ4n) is 2.18. The number of carbonyl (C=O) groups excluding carboxylic acids is 1. The number of rotatable bonds is 8. The van der Waals surface area contributed by atoms with Gasteiger partial charge >= 0.3 is 0 Å². The van der Waals surface area contributed by atoms with Crippen LogP contribution in [-0.2, 0) is 0 Å². The summed E-state index contributed by atoms with van der Waals surface area (Å²) in [4.78, 5) is 14.3. The van der Waals surface area contributed by atoms with Gasteiger partial charge in [0.25, 0.3) is 5.91 Å². The number of amides is 1. The summed E-state index contributed by atoms with van der Waals surface area (Å²) in [5.41, 5.74) is 6.20. The number of nitrogens with two attached hydrogens (primary N) is 1. The standard InChI is InChI=1S/C18H30N2O3.ClH/c1-13(2)10-23-15-8-7-14(9-16(15)22-6)17(21)20(5)12-18(3,4)11-19;/h7-9,13H,10-12,19H2,1-6H3;1H. The van der Waals surface area contributed by atoms with Crippen LogP contribution in [0, 0.1) is 11.3 Å². The Labute approximate surface area is 151 Å². The van der Waals surface area contributed by atoms with Gasteiger partial charge in [0.05, 0.1) is 13.7 Å². The van der Waals surface area contributed by atoms with E-state index < -0.39 is 0 Å². The first-order valence-corrected chi connectivity index (χ1v) is 7.96. The van der Waals surface area contributed by atoms with Gasteiger partial charge in [-0.15, -0.1) is 12.4 Å². The zero-order chi connectivity index (χ0) is 17.6. The van der Waals surface area contributed by atoms with Crippen molar-refractivity contribution < 1.29 is 14.3 Å². The molecule has 1 rings (SSSR count). The molecular formula is C18H31ClN2O3. The van der Waals surface area contributed by atoms with Crippen LogP contribution >= 0.6 is 12.4 Å². The maximum Gasteiger partial charge on any atom is 0.253 e. The predicted molar refractivity (Wildman–Crippen MR) is 100 cm³/mol. The second-order valence-corrected chi connectivity index (χ2v) is 7.10. The lowest BCUT2D eigenvalue weighted by atomic mass is 9.93. The Morgan fingerprint density at radius 1 is 1.29 bits per heavy atom. The number of carbonyl (C=O) groups is 1. The van der Waals surface area contributed by atoms with Crippen LogP contribution in [0.25, 0.3) is 0 Å². The molecule has 1 amide bonds. The summed E-state index contributed by atoms with van der Waals surface area (Å²) in [6.45, 7) is 9.97. The van der Waals surface area contributed by atoms with Gasteiger partial charge in [0.2, 0.25) is 0 Å². The molecule has 0 aliphatic rings. The molecular weight excluding hydrogens is 328 g/mol. The van der Waals surface area contributed by atoms with Gasteiger partial charge < -0.3 is 20.1 Å². The van der Waals surface area contributed by atoms with E-state index in [-0.39, 0.29) is 23.7 Å². The fraction of sp³-hybridized carbons (Fsp3) is 0.611. The van der Waals surface area contributed by atoms with E-state index in [0.717, 1.165) is 0 Å². The summed E-state index contributed by atoms with van der Waals surface area (Å²) in [5, 5.41) is 0. The van der Waals surface area contributed by atoms with Crippen LogP contribution in [-0.4, -0.2) is 44.7 Å². The van der Waals surface area contributed by atoms with Gasteiger partial charge in [-0.2, -0.15) is 0 Å². The van der Waals surface area contributed by atoms with E-state index in [0.29, 0.717) is 42.7 Å². The Kier molecular flexibility index (Phi) is 9.15. The highest BCUT2D eigenvalue weighted by Crippen LogP contribution is 2.29. The summed E-state index contributed by atoms with van der Waals surface area (Å²) >= 11 is 0. The number of hydrogen-bond donors (Lipinski definition) is 1. The molecule has 0 unspecified atom stereocenters. The van der Waals surface area contributed by atoms with Crippen LogP contribution in [0.2, 0.25) is 0 Å². The van der Waals surface area contributed by atoms with Crippen molar-refractivity contribution in [1.82, 2.24) is 4.90 Å². The highest BCUT2D eigenvalue weighted by molar-refractivity contribution is 5.94. The van der Waals surface area contributed by atoms with Crippen LogP contribution < -0.4 is 15.2 Å². The molecule has 0 bridgehead atoms. The van der Waals surface area contributed by atoms with E-state index in [2.05, 4.69) is 13.8 Å². The molecule has 0 radical (unpaired) electrons. The number of methoxy groups -OCH3 is 1. The molecule has 1 aromatic rings. The van der Waals surface area contributed by atoms with Gasteiger partial charge in [0, 0.05) is 19.2 Å². The zero-order valence-electron chi connectivity index (χ0n) is 15.6. The number of nitrogens with zero attached hydrogens (tertiary/aromatic N) is 1. The molecule has 0 saturated heterocycles. The Bertz CT molecular complexity index is 533. The van der Waals surface area contributed by atoms with Crippen LogP contribution in [0.4, 0.5) is 0 Å². The molecule has 0 aliphatic carbocycles. The van der Waals surface area contributed by atoms with Crippen LogP contribution in [0.5, 0.6) is 11.5 Å². The summed E-state index contributed by atoms with van der Waals surface area (Å²) in [7, 11) is 3.36. The third-order valence-corrected chi connectivity index (χ3v) is 3.55. The van der Waals surface area contributed by atoms with Crippen LogP contribution in [0.3, 0.4) is 0 Å². The average Bonchev–Trinajstić information content (AvgIpc) is 2.51. The lowest BCUT2D eigenvalue weighted by Gasteiger charge is -2.29. The molecule has 0 aliphatic heterocycles. The maximum absolute atomic E-state index is 12.6. The molecule has 6 heteroatoms. The van der Waals surface area contributed by atoms with E-state index in [1.54, 1.807) is 37.3 Å². The summed E-state index contributed by atoms with van der Waals surface area (Å²) in [5.74, 6) is 1.59. The minimum Gasteiger partial charge on any atom is -0.493 e. The second kappa shape index (κ2) is 9.74. The van der Waals surface area contributed by atoms with Gasteiger partial charge in [0.1, 0.15) is 0 Å². The lowest BCUT2D eigenvalue weighted by Crippen LogP contribution is -2.39. The van der Waals surface area contributed by atoms with Crippen molar-refractivity contribution in [2.45, 2.75) is 27.7 Å². The van der Waals surface area contributed by atoms with Crippen molar-refractivity contribution in [1.29, 1.82) is 0 Å². The first kappa shape index (κ1) is 22.5. The van der Waals surface area contributed by atoms with E-state index in [4.69, 9.17) is 15.2 Å². The van der Waals surface area contributed by atoms with Gasteiger partial charge in [-0.05, 0) is 36.1 Å². The SMILES string of the molecule is COc1cc(C(=O)N(C)CC(C)(C)CN)ccc1OCC(C)C.Cl. The van der Waals surface area contributed by atoms with Crippen molar-refractivity contribution in [3.8, 4) is 11.5 Å². The molecule has 0 spiro atoms. The Morgan fingerprint density at radius 2 is 1.92 bits per heavy atom. The topological polar surface area (TPSA) is 64.8 Å². The van der Waals surface area contributed by atoms with Gasteiger partial charge in [-0.3, -0.25) is 4.79 Å². The fourth-order valence-corrected chi connectivity index (χ4v) is 2.18. The number of ether oxygens (including phenoxy) is 2. The van der Waals surface area contributed by atoms with Gasteiger partial charge in [-0.1, -0.05) is 27.7 Å². The normalized spacial score (nSPS) is 11.0. The Balaban J connectivity index is 0.00000529. The molecule has 138 valence electrons. The minimum absolute atomic E-state index is 0. The van der Waals surface area contributed by atoms with Gasteiger partial charge in [0.15, 0.2) is 11.5 Å². The van der Waals surface area contributed by atoms with E-state index in [9.17, 15) is 4.79 Å². The molecule has 5 nitrogen and oxygen atoms in total. The molecule has 1 aromatic carbocycles. The average molecular weight is 359 g/mol. The number of halogens is 1. The first-order chi connectivity index (χ1) is 10.7. The predicted octanol–water partition coefficient (Wildman–Crippen LogP) is 3.21. The minimum atomic E-state index is -0.116. The van der Waals surface area contributed by atoms with E-state index in [1.165, 1.54) is 0 Å². The second-order valence-electron chi connectivity index (χ2n) is 7.10. The number of benzene rings is 1. The number of hydrogen-bond acceptors (Lipinski definition) is 4. The monoisotopic (exact) mass is 358 g/mol. The van der Waals surface area contributed by atoms with Crippen molar-refractivity contribution in [2.75, 3.05) is 33.9 Å². The molecule has 0 heterocycles. The molecule has 0 saturated carbocycles. The lowest BCUT2D eigenvalue weighted by molar-refractivity contribution is 0.0740. The quantitative estimate of drug-likeness (QED) is 0.775. The summed E-state index contributed by atoms with van der Waals surface area (Å²) in [6.07, 6.45) is 0. The molecule has 0 atom stereocenters. The third kappa shape index (κ3) is 6.57.